The summed E-state index contributed by atoms with van der Waals surface area (Å²) in [5, 5.41) is 0. The summed E-state index contributed by atoms with van der Waals surface area (Å²) in [5.74, 6) is 0.669. The lowest BCUT2D eigenvalue weighted by atomic mass is 10.1. The molecule has 0 N–H and O–H groups in total. The number of nitrogens with zero attached hydrogens (tertiary/aromatic N) is 3. The SMILES string of the molecule is Cc1ccc(OCC(=O)N2CCN(C(=O)N(C)C)CC2)cc1C. The van der Waals surface area contributed by atoms with Gasteiger partial charge in [0.2, 0.25) is 0 Å². The Bertz CT molecular complexity index is 578. The van der Waals surface area contributed by atoms with E-state index in [1.54, 1.807) is 28.8 Å². The Hall–Kier alpha value is -2.24. The molecule has 6 nitrogen and oxygen atoms in total. The second-order valence-corrected chi connectivity index (χ2v) is 6.08. The smallest absolute Gasteiger partial charge is 0.319 e. The monoisotopic (exact) mass is 319 g/mol. The first kappa shape index (κ1) is 17.1. The van der Waals surface area contributed by atoms with Crippen molar-refractivity contribution in [2.75, 3.05) is 46.9 Å². The number of rotatable bonds is 3. The van der Waals surface area contributed by atoms with E-state index in [-0.39, 0.29) is 18.5 Å². The molecule has 1 aromatic carbocycles. The lowest BCUT2D eigenvalue weighted by Crippen LogP contribution is -2.53. The summed E-state index contributed by atoms with van der Waals surface area (Å²) in [6, 6.07) is 5.80. The van der Waals surface area contributed by atoms with Crippen LogP contribution in [-0.2, 0) is 4.79 Å². The molecule has 0 bridgehead atoms. The fourth-order valence-electron chi connectivity index (χ4n) is 2.47. The van der Waals surface area contributed by atoms with Gasteiger partial charge in [0.25, 0.3) is 5.91 Å². The first-order valence-corrected chi connectivity index (χ1v) is 7.82. The standard InChI is InChI=1S/C17H25N3O3/c1-13-5-6-15(11-14(13)2)23-12-16(21)19-7-9-20(10-8-19)17(22)18(3)4/h5-6,11H,7-10,12H2,1-4H3. The van der Waals surface area contributed by atoms with E-state index in [1.807, 2.05) is 32.0 Å². The summed E-state index contributed by atoms with van der Waals surface area (Å²) < 4.78 is 5.59. The van der Waals surface area contributed by atoms with Gasteiger partial charge >= 0.3 is 6.03 Å². The minimum atomic E-state index is -0.0415. The van der Waals surface area contributed by atoms with Gasteiger partial charge in [0.1, 0.15) is 5.75 Å². The van der Waals surface area contributed by atoms with E-state index in [9.17, 15) is 9.59 Å². The number of hydrogen-bond donors (Lipinski definition) is 0. The van der Waals surface area contributed by atoms with Gasteiger partial charge in [-0.3, -0.25) is 4.79 Å². The highest BCUT2D eigenvalue weighted by molar-refractivity contribution is 5.78. The van der Waals surface area contributed by atoms with Crippen LogP contribution in [0.2, 0.25) is 0 Å². The number of ether oxygens (including phenoxy) is 1. The van der Waals surface area contributed by atoms with Crippen LogP contribution in [0.4, 0.5) is 4.79 Å². The van der Waals surface area contributed by atoms with Crippen molar-refractivity contribution >= 4 is 11.9 Å². The van der Waals surface area contributed by atoms with E-state index in [4.69, 9.17) is 4.74 Å². The first-order valence-electron chi connectivity index (χ1n) is 7.82. The molecule has 1 aliphatic heterocycles. The summed E-state index contributed by atoms with van der Waals surface area (Å²) in [5.41, 5.74) is 2.34. The van der Waals surface area contributed by atoms with Crippen LogP contribution in [0.25, 0.3) is 0 Å². The number of amides is 3. The van der Waals surface area contributed by atoms with E-state index in [0.717, 1.165) is 5.56 Å². The Kier molecular flexibility index (Phi) is 5.47. The molecule has 0 spiro atoms. The normalized spacial score (nSPS) is 14.6. The van der Waals surface area contributed by atoms with Crippen LogP contribution in [0.15, 0.2) is 18.2 Å². The third-order valence-corrected chi connectivity index (χ3v) is 4.13. The number of urea groups is 1. The molecule has 0 aliphatic carbocycles. The highest BCUT2D eigenvalue weighted by Gasteiger charge is 2.25. The molecule has 0 atom stereocenters. The average Bonchev–Trinajstić information content (AvgIpc) is 2.55. The van der Waals surface area contributed by atoms with Crippen molar-refractivity contribution in [1.82, 2.24) is 14.7 Å². The molecule has 1 aromatic rings. The molecule has 1 aliphatic rings. The largest absolute Gasteiger partial charge is 0.484 e. The summed E-state index contributed by atoms with van der Waals surface area (Å²) in [7, 11) is 3.47. The molecule has 6 heteroatoms. The summed E-state index contributed by atoms with van der Waals surface area (Å²) in [6.45, 7) is 6.32. The van der Waals surface area contributed by atoms with Crippen LogP contribution in [0.3, 0.4) is 0 Å². The van der Waals surface area contributed by atoms with Gasteiger partial charge in [0.05, 0.1) is 0 Å². The van der Waals surface area contributed by atoms with Crippen molar-refractivity contribution in [3.05, 3.63) is 29.3 Å². The number of piperazine rings is 1. The molecule has 0 unspecified atom stereocenters. The average molecular weight is 319 g/mol. The van der Waals surface area contributed by atoms with Gasteiger partial charge in [-0.15, -0.1) is 0 Å². The van der Waals surface area contributed by atoms with Crippen LogP contribution >= 0.6 is 0 Å². The fraction of sp³-hybridized carbons (Fsp3) is 0.529. The molecule has 0 radical (unpaired) electrons. The van der Waals surface area contributed by atoms with Crippen molar-refractivity contribution in [3.8, 4) is 5.75 Å². The molecule has 2 rings (SSSR count). The molecule has 126 valence electrons. The zero-order valence-electron chi connectivity index (χ0n) is 14.3. The van der Waals surface area contributed by atoms with Gasteiger partial charge < -0.3 is 19.4 Å². The van der Waals surface area contributed by atoms with E-state index < -0.39 is 0 Å². The van der Waals surface area contributed by atoms with Crippen molar-refractivity contribution in [2.45, 2.75) is 13.8 Å². The van der Waals surface area contributed by atoms with Crippen LogP contribution in [0.5, 0.6) is 5.75 Å². The minimum Gasteiger partial charge on any atom is -0.484 e. The Morgan fingerprint density at radius 3 is 2.22 bits per heavy atom. The maximum Gasteiger partial charge on any atom is 0.319 e. The van der Waals surface area contributed by atoms with E-state index in [1.165, 1.54) is 5.56 Å². The van der Waals surface area contributed by atoms with Crippen LogP contribution in [0.1, 0.15) is 11.1 Å². The van der Waals surface area contributed by atoms with Crippen LogP contribution in [0, 0.1) is 13.8 Å². The molecule has 1 heterocycles. The van der Waals surface area contributed by atoms with E-state index >= 15 is 0 Å². The molecule has 1 fully saturated rings. The Morgan fingerprint density at radius 2 is 1.65 bits per heavy atom. The lowest BCUT2D eigenvalue weighted by Gasteiger charge is -2.35. The fourth-order valence-corrected chi connectivity index (χ4v) is 2.47. The maximum atomic E-state index is 12.2. The second-order valence-electron chi connectivity index (χ2n) is 6.08. The first-order chi connectivity index (χ1) is 10.9. The van der Waals surface area contributed by atoms with Crippen molar-refractivity contribution in [1.29, 1.82) is 0 Å². The summed E-state index contributed by atoms with van der Waals surface area (Å²) in [6.07, 6.45) is 0. The molecule has 23 heavy (non-hydrogen) atoms. The van der Waals surface area contributed by atoms with Gasteiger partial charge in [0.15, 0.2) is 6.61 Å². The third-order valence-electron chi connectivity index (χ3n) is 4.13. The number of benzene rings is 1. The highest BCUT2D eigenvalue weighted by Crippen LogP contribution is 2.16. The highest BCUT2D eigenvalue weighted by atomic mass is 16.5. The van der Waals surface area contributed by atoms with Gasteiger partial charge in [-0.05, 0) is 37.1 Å². The lowest BCUT2D eigenvalue weighted by molar-refractivity contribution is -0.134. The van der Waals surface area contributed by atoms with Crippen LogP contribution < -0.4 is 4.74 Å². The molecule has 3 amide bonds. The van der Waals surface area contributed by atoms with Crippen molar-refractivity contribution in [3.63, 3.8) is 0 Å². The van der Waals surface area contributed by atoms with Crippen LogP contribution in [-0.4, -0.2) is 73.5 Å². The zero-order valence-corrected chi connectivity index (χ0v) is 14.3. The number of aryl methyl sites for hydroxylation is 2. The van der Waals surface area contributed by atoms with E-state index in [0.29, 0.717) is 31.9 Å². The topological polar surface area (TPSA) is 53.1 Å². The molecular formula is C17H25N3O3. The van der Waals surface area contributed by atoms with Gasteiger partial charge in [-0.2, -0.15) is 0 Å². The van der Waals surface area contributed by atoms with Gasteiger partial charge in [-0.1, -0.05) is 6.07 Å². The maximum absolute atomic E-state index is 12.2. The minimum absolute atomic E-state index is 0.0107. The molecule has 0 aromatic heterocycles. The Balaban J connectivity index is 1.81. The number of carbonyl (C=O) groups excluding carboxylic acids is 2. The zero-order chi connectivity index (χ0) is 17.0. The number of carbonyl (C=O) groups is 2. The van der Waals surface area contributed by atoms with Crippen molar-refractivity contribution < 1.29 is 14.3 Å². The third kappa shape index (κ3) is 4.37. The number of hydrogen-bond acceptors (Lipinski definition) is 3. The summed E-state index contributed by atoms with van der Waals surface area (Å²) >= 11 is 0. The summed E-state index contributed by atoms with van der Waals surface area (Å²) in [4.78, 5) is 29.2. The quantitative estimate of drug-likeness (QED) is 0.848. The molecular weight excluding hydrogens is 294 g/mol. The van der Waals surface area contributed by atoms with Crippen molar-refractivity contribution in [2.24, 2.45) is 0 Å². The Labute approximate surface area is 137 Å². The Morgan fingerprint density at radius 1 is 1.04 bits per heavy atom. The molecule has 1 saturated heterocycles. The predicted octanol–water partition coefficient (Wildman–Crippen LogP) is 1.51. The van der Waals surface area contributed by atoms with Gasteiger partial charge in [0, 0.05) is 40.3 Å². The van der Waals surface area contributed by atoms with E-state index in [2.05, 4.69) is 0 Å². The predicted molar refractivity (Wildman–Crippen MR) is 88.6 cm³/mol. The second kappa shape index (κ2) is 7.35. The van der Waals surface area contributed by atoms with Gasteiger partial charge in [-0.25, -0.2) is 4.79 Å². The molecule has 0 saturated carbocycles.